The molecular formula is C33H34N2O7P2. The zero-order chi connectivity index (χ0) is 32.5. The zero-order valence-electron chi connectivity index (χ0n) is 25.8. The van der Waals surface area contributed by atoms with Gasteiger partial charge < -0.3 is 27.8 Å². The third kappa shape index (κ3) is 7.89. The monoisotopic (exact) mass is 634 g/mol. The van der Waals surface area contributed by atoms with E-state index in [2.05, 4.69) is 4.98 Å². The van der Waals surface area contributed by atoms with Gasteiger partial charge >= 0.3 is 15.2 Å². The summed E-state index contributed by atoms with van der Waals surface area (Å²) in [6.07, 6.45) is 3.52. The van der Waals surface area contributed by atoms with Crippen molar-refractivity contribution < 1.29 is 35.1 Å². The van der Waals surface area contributed by atoms with Crippen molar-refractivity contribution in [1.82, 2.24) is 9.55 Å². The van der Waals surface area contributed by atoms with Gasteiger partial charge in [0.2, 0.25) is 0 Å². The topological polar surface area (TPSA) is 109 Å². The molecular weight excluding hydrogens is 598 g/mol. The molecule has 0 unspecified atom stereocenters. The Bertz CT molecular complexity index is 1550. The second-order valence-electron chi connectivity index (χ2n) is 9.75. The van der Waals surface area contributed by atoms with E-state index >= 15 is 9.13 Å². The molecule has 1 heterocycles. The van der Waals surface area contributed by atoms with E-state index in [1.165, 1.54) is 12.4 Å². The van der Waals surface area contributed by atoms with E-state index in [4.69, 9.17) is 18.1 Å². The highest BCUT2D eigenvalue weighted by atomic mass is 31.2. The van der Waals surface area contributed by atoms with Gasteiger partial charge in [-0.1, -0.05) is 121 Å². The summed E-state index contributed by atoms with van der Waals surface area (Å²) in [5.41, 5.74) is 2.17. The third-order valence-corrected chi connectivity index (χ3v) is 11.6. The van der Waals surface area contributed by atoms with Crippen LogP contribution in [0.25, 0.3) is 0 Å². The molecule has 0 saturated heterocycles. The minimum Gasteiger partial charge on any atom is -0.366 e. The number of nitrogens with zero attached hydrogens (tertiary/aromatic N) is 2. The van der Waals surface area contributed by atoms with Crippen LogP contribution in [0.1, 0.15) is 25.0 Å². The van der Waals surface area contributed by atoms with Crippen LogP contribution in [-0.4, -0.2) is 19.7 Å². The summed E-state index contributed by atoms with van der Waals surface area (Å²) in [5, 5.41) is 9.24. The minimum absolute atomic E-state index is 0.382. The van der Waals surface area contributed by atoms with E-state index < -0.39 is 26.8 Å². The molecule has 1 N–H and O–H groups in total. The summed E-state index contributed by atoms with van der Waals surface area (Å²) in [5.74, 6) is 0. The molecule has 0 radical (unpaired) electrons. The first-order valence-electron chi connectivity index (χ1n) is 14.8. The number of aliphatic hydroxyl groups is 1. The van der Waals surface area contributed by atoms with Gasteiger partial charge in [-0.25, -0.2) is 4.98 Å². The van der Waals surface area contributed by atoms with E-state index in [1.807, 2.05) is 0 Å². The van der Waals surface area contributed by atoms with Gasteiger partial charge in [-0.15, -0.1) is 0 Å². The standard InChI is InChI=1S/C33H34N2O7P2/c36-33(27-35-22-21-34-28-35,43(37,39-23-29-13-5-1-6-14-29)40-24-30-15-7-2-8-16-30)44(38,41-25-31-17-9-3-10-18-31)42-26-32-19-11-4-12-20-32/h1-22,28,36H,23-27H2/i27D2. The molecule has 0 aliphatic carbocycles. The smallest absolute Gasteiger partial charge is 0.366 e. The van der Waals surface area contributed by atoms with E-state index in [9.17, 15) is 7.85 Å². The van der Waals surface area contributed by atoms with Crippen LogP contribution in [0.3, 0.4) is 0 Å². The maximum atomic E-state index is 15.3. The number of benzene rings is 4. The lowest BCUT2D eigenvalue weighted by Gasteiger charge is -2.38. The van der Waals surface area contributed by atoms with E-state index in [1.54, 1.807) is 121 Å². The van der Waals surface area contributed by atoms with Gasteiger partial charge in [0.25, 0.3) is 5.08 Å². The van der Waals surface area contributed by atoms with Crippen molar-refractivity contribution in [1.29, 1.82) is 0 Å². The molecule has 0 fully saturated rings. The summed E-state index contributed by atoms with van der Waals surface area (Å²) in [6, 6.07) is 34.6. The molecule has 0 amide bonds. The van der Waals surface area contributed by atoms with Crippen LogP contribution in [0.15, 0.2) is 140 Å². The molecule has 1 aromatic heterocycles. The molecule has 5 aromatic rings. The zero-order valence-corrected chi connectivity index (χ0v) is 25.6. The molecule has 0 bridgehead atoms. The van der Waals surface area contributed by atoms with E-state index in [-0.39, 0.29) is 26.4 Å². The fourth-order valence-corrected chi connectivity index (χ4v) is 8.65. The lowest BCUT2D eigenvalue weighted by atomic mass is 10.2. The van der Waals surface area contributed by atoms with Crippen LogP contribution in [-0.2, 0) is 60.1 Å². The number of aromatic nitrogens is 2. The molecule has 0 aliphatic rings. The molecule has 0 spiro atoms. The highest BCUT2D eigenvalue weighted by Gasteiger charge is 2.65. The van der Waals surface area contributed by atoms with E-state index in [0.29, 0.717) is 22.3 Å². The van der Waals surface area contributed by atoms with Gasteiger partial charge in [0.1, 0.15) is 0 Å². The van der Waals surface area contributed by atoms with Gasteiger partial charge in [-0.2, -0.15) is 0 Å². The van der Waals surface area contributed by atoms with Crippen molar-refractivity contribution in [2.75, 3.05) is 0 Å². The van der Waals surface area contributed by atoms with Gasteiger partial charge in [0.15, 0.2) is 0 Å². The normalized spacial score (nSPS) is 13.3. The summed E-state index contributed by atoms with van der Waals surface area (Å²) in [6.45, 7) is -4.71. The second-order valence-corrected chi connectivity index (χ2v) is 14.4. The van der Waals surface area contributed by atoms with E-state index in [0.717, 1.165) is 10.9 Å². The van der Waals surface area contributed by atoms with Gasteiger partial charge in [-0.3, -0.25) is 9.13 Å². The third-order valence-electron chi connectivity index (χ3n) is 6.52. The van der Waals surface area contributed by atoms with Crippen molar-refractivity contribution in [3.8, 4) is 0 Å². The lowest BCUT2D eigenvalue weighted by Crippen LogP contribution is -2.37. The molecule has 44 heavy (non-hydrogen) atoms. The lowest BCUT2D eigenvalue weighted by molar-refractivity contribution is 0.0595. The number of rotatable bonds is 16. The Balaban J connectivity index is 1.66. The molecule has 0 aliphatic heterocycles. The van der Waals surface area contributed by atoms with Crippen LogP contribution < -0.4 is 0 Å². The molecule has 9 nitrogen and oxygen atoms in total. The fraction of sp³-hybridized carbons (Fsp3) is 0.182. The average Bonchev–Trinajstić information content (AvgIpc) is 3.66. The molecule has 0 saturated carbocycles. The maximum Gasteiger partial charge on any atom is 0.377 e. The largest absolute Gasteiger partial charge is 0.377 e. The summed E-state index contributed by atoms with van der Waals surface area (Å²) < 4.78 is 73.6. The van der Waals surface area contributed by atoms with Crippen LogP contribution in [0.5, 0.6) is 0 Å². The summed E-state index contributed by atoms with van der Waals surface area (Å²) in [4.78, 5) is 3.91. The number of hydrogen-bond donors (Lipinski definition) is 1. The minimum atomic E-state index is -5.28. The predicted octanol–water partition coefficient (Wildman–Crippen LogP) is 7.78. The highest BCUT2D eigenvalue weighted by molar-refractivity contribution is 7.73. The molecule has 228 valence electrons. The molecule has 4 aromatic carbocycles. The Morgan fingerprint density at radius 1 is 0.614 bits per heavy atom. The van der Waals surface area contributed by atoms with Gasteiger partial charge in [0.05, 0.1) is 42.0 Å². The molecule has 0 atom stereocenters. The quantitative estimate of drug-likeness (QED) is 0.110. The Labute approximate surface area is 259 Å². The average molecular weight is 635 g/mol. The van der Waals surface area contributed by atoms with Crippen molar-refractivity contribution in [2.45, 2.75) is 38.0 Å². The highest BCUT2D eigenvalue weighted by Crippen LogP contribution is 2.78. The van der Waals surface area contributed by atoms with Crippen LogP contribution >= 0.6 is 15.2 Å². The first kappa shape index (κ1) is 29.1. The fourth-order valence-electron chi connectivity index (χ4n) is 4.14. The SMILES string of the molecule is [2H]C([2H])(n1ccnc1)C(O)(P(=O)(OCc1ccccc1)OCc1ccccc1)P(=O)(OCc1ccccc1)OCc1ccccc1. The first-order chi connectivity index (χ1) is 22.2. The van der Waals surface area contributed by atoms with Crippen molar-refractivity contribution in [3.05, 3.63) is 162 Å². The van der Waals surface area contributed by atoms with Crippen LogP contribution in [0, 0.1) is 0 Å². The molecule has 5 rings (SSSR count). The van der Waals surface area contributed by atoms with Crippen molar-refractivity contribution >= 4 is 15.2 Å². The summed E-state index contributed by atoms with van der Waals surface area (Å²) in [7, 11) is -10.6. The first-order valence-corrected chi connectivity index (χ1v) is 16.9. The number of hydrogen-bond acceptors (Lipinski definition) is 8. The number of imidazole rings is 1. The molecule has 11 heteroatoms. The predicted molar refractivity (Wildman–Crippen MR) is 167 cm³/mol. The Morgan fingerprint density at radius 3 is 1.20 bits per heavy atom. The van der Waals surface area contributed by atoms with Crippen LogP contribution in [0.4, 0.5) is 0 Å². The second kappa shape index (κ2) is 14.9. The Hall–Kier alpha value is -3.65. The van der Waals surface area contributed by atoms with Crippen molar-refractivity contribution in [2.24, 2.45) is 0 Å². The van der Waals surface area contributed by atoms with Crippen LogP contribution in [0.2, 0.25) is 0 Å². The van der Waals surface area contributed by atoms with Crippen molar-refractivity contribution in [3.63, 3.8) is 0 Å². The Kier molecular flexibility index (Phi) is 9.84. The van der Waals surface area contributed by atoms with Gasteiger partial charge in [-0.05, 0) is 22.3 Å². The summed E-state index contributed by atoms with van der Waals surface area (Å²) >= 11 is 0. The van der Waals surface area contributed by atoms with Gasteiger partial charge in [0, 0.05) is 12.4 Å². The maximum absolute atomic E-state index is 15.3. The Morgan fingerprint density at radius 2 is 0.932 bits per heavy atom.